The van der Waals surface area contributed by atoms with Gasteiger partial charge in [0.2, 0.25) is 0 Å². The molecule has 0 amide bonds. The first-order chi connectivity index (χ1) is 7.35. The molecule has 0 saturated carbocycles. The van der Waals surface area contributed by atoms with Gasteiger partial charge in [0, 0.05) is 17.2 Å². The van der Waals surface area contributed by atoms with E-state index in [-0.39, 0.29) is 0 Å². The second-order valence-electron chi connectivity index (χ2n) is 2.97. The average molecular weight is 217 g/mol. The summed E-state index contributed by atoms with van der Waals surface area (Å²) in [5, 5.41) is 4.12. The van der Waals surface area contributed by atoms with Crippen molar-refractivity contribution < 1.29 is 0 Å². The molecule has 0 fully saturated rings. The van der Waals surface area contributed by atoms with E-state index in [2.05, 4.69) is 33.1 Å². The molecule has 0 aromatic carbocycles. The van der Waals surface area contributed by atoms with Crippen molar-refractivity contribution in [1.29, 1.82) is 0 Å². The van der Waals surface area contributed by atoms with Crippen molar-refractivity contribution in [2.75, 3.05) is 0 Å². The Labute approximate surface area is 92.2 Å². The maximum absolute atomic E-state index is 4.22. The smallest absolute Gasteiger partial charge is 0.155 e. The third-order valence-electron chi connectivity index (χ3n) is 2.04. The Hall–Kier alpha value is -1.68. The average Bonchev–Trinajstić information content (AvgIpc) is 2.84. The molecular weight excluding hydrogens is 206 g/mol. The second kappa shape index (κ2) is 4.23. The van der Waals surface area contributed by atoms with Crippen LogP contribution in [-0.4, -0.2) is 17.9 Å². The molecule has 0 aliphatic rings. The number of hydrogen-bond donors (Lipinski definition) is 1. The summed E-state index contributed by atoms with van der Waals surface area (Å²) in [6.07, 6.45) is 1.75. The molecular formula is C11H11N3S. The Morgan fingerprint density at radius 1 is 1.53 bits per heavy atom. The third kappa shape index (κ3) is 1.89. The van der Waals surface area contributed by atoms with E-state index in [1.54, 1.807) is 17.6 Å². The van der Waals surface area contributed by atoms with Gasteiger partial charge in [-0.05, 0) is 31.2 Å². The van der Waals surface area contributed by atoms with Gasteiger partial charge in [-0.2, -0.15) is 11.3 Å². The Morgan fingerprint density at radius 2 is 2.40 bits per heavy atom. The van der Waals surface area contributed by atoms with Crippen molar-refractivity contribution in [2.24, 2.45) is 9.98 Å². The van der Waals surface area contributed by atoms with Crippen LogP contribution >= 0.6 is 11.3 Å². The van der Waals surface area contributed by atoms with E-state index < -0.39 is 0 Å². The van der Waals surface area contributed by atoms with E-state index in [4.69, 9.17) is 0 Å². The number of nitrogens with zero attached hydrogens (tertiary/aromatic N) is 2. The number of thiophene rings is 1. The minimum absolute atomic E-state index is 0.717. The molecule has 0 spiro atoms. The standard InChI is InChI=1S/C11H11N3S/c1-3-13-10-6-9(14-11(10)12-2)8-4-5-15-7-8/h3-7,14H,2H2,1H3. The summed E-state index contributed by atoms with van der Waals surface area (Å²) in [4.78, 5) is 11.3. The molecule has 1 N–H and O–H groups in total. The van der Waals surface area contributed by atoms with Crippen LogP contribution in [0.5, 0.6) is 0 Å². The normalized spacial score (nSPS) is 11.0. The summed E-state index contributed by atoms with van der Waals surface area (Å²) in [6, 6.07) is 4.04. The van der Waals surface area contributed by atoms with Gasteiger partial charge in [-0.15, -0.1) is 0 Å². The van der Waals surface area contributed by atoms with Crippen LogP contribution in [0.25, 0.3) is 11.3 Å². The zero-order chi connectivity index (χ0) is 10.7. The summed E-state index contributed by atoms with van der Waals surface area (Å²) in [7, 11) is 0. The molecule has 15 heavy (non-hydrogen) atoms. The summed E-state index contributed by atoms with van der Waals surface area (Å²) in [5.74, 6) is 0.717. The first kappa shape index (κ1) is 9.86. The van der Waals surface area contributed by atoms with Crippen LogP contribution < -0.4 is 0 Å². The van der Waals surface area contributed by atoms with Crippen molar-refractivity contribution in [2.45, 2.75) is 6.92 Å². The third-order valence-corrected chi connectivity index (χ3v) is 2.72. The number of rotatable bonds is 3. The Balaban J connectivity index is 2.47. The second-order valence-corrected chi connectivity index (χ2v) is 3.75. The molecule has 0 bridgehead atoms. The SMILES string of the molecule is C=Nc1[nH]c(-c2ccsc2)cc1N=CC. The quantitative estimate of drug-likeness (QED) is 0.760. The van der Waals surface area contributed by atoms with E-state index >= 15 is 0 Å². The molecule has 0 aliphatic heterocycles. The number of aromatic amines is 1. The lowest BCUT2D eigenvalue weighted by Crippen LogP contribution is -1.69. The van der Waals surface area contributed by atoms with Crippen LogP contribution in [0.3, 0.4) is 0 Å². The molecule has 0 unspecified atom stereocenters. The fraction of sp³-hybridized carbons (Fsp3) is 0.0909. The molecule has 2 heterocycles. The van der Waals surface area contributed by atoms with Crippen molar-refractivity contribution >= 4 is 35.8 Å². The lowest BCUT2D eigenvalue weighted by Gasteiger charge is -1.89. The highest BCUT2D eigenvalue weighted by Crippen LogP contribution is 2.33. The molecule has 2 aromatic rings. The van der Waals surface area contributed by atoms with E-state index in [1.165, 1.54) is 0 Å². The van der Waals surface area contributed by atoms with Gasteiger partial charge >= 0.3 is 0 Å². The van der Waals surface area contributed by atoms with Gasteiger partial charge in [0.05, 0.1) is 5.69 Å². The topological polar surface area (TPSA) is 40.5 Å². The molecule has 0 saturated heterocycles. The van der Waals surface area contributed by atoms with E-state index in [1.807, 2.05) is 18.4 Å². The number of nitrogens with one attached hydrogen (secondary N) is 1. The molecule has 2 aromatic heterocycles. The maximum atomic E-state index is 4.22. The Morgan fingerprint density at radius 3 is 3.00 bits per heavy atom. The minimum Gasteiger partial charge on any atom is -0.338 e. The van der Waals surface area contributed by atoms with E-state index in [9.17, 15) is 0 Å². The van der Waals surface area contributed by atoms with Gasteiger partial charge < -0.3 is 4.98 Å². The number of hydrogen-bond acceptors (Lipinski definition) is 3. The molecule has 3 nitrogen and oxygen atoms in total. The van der Waals surface area contributed by atoms with Crippen LogP contribution in [-0.2, 0) is 0 Å². The van der Waals surface area contributed by atoms with Gasteiger partial charge in [-0.1, -0.05) is 0 Å². The van der Waals surface area contributed by atoms with Crippen molar-refractivity contribution in [3.63, 3.8) is 0 Å². The van der Waals surface area contributed by atoms with E-state index in [0.29, 0.717) is 5.82 Å². The summed E-state index contributed by atoms with van der Waals surface area (Å²) in [5.41, 5.74) is 3.01. The zero-order valence-corrected chi connectivity index (χ0v) is 9.21. The Bertz CT molecular complexity index is 480. The van der Waals surface area contributed by atoms with Gasteiger partial charge in [0.1, 0.15) is 5.69 Å². The summed E-state index contributed by atoms with van der Waals surface area (Å²) in [6.45, 7) is 5.40. The maximum Gasteiger partial charge on any atom is 0.155 e. The lowest BCUT2D eigenvalue weighted by molar-refractivity contribution is 1.34. The van der Waals surface area contributed by atoms with Gasteiger partial charge in [-0.3, -0.25) is 4.99 Å². The zero-order valence-electron chi connectivity index (χ0n) is 8.40. The van der Waals surface area contributed by atoms with Crippen molar-refractivity contribution in [1.82, 2.24) is 4.98 Å². The molecule has 4 heteroatoms. The van der Waals surface area contributed by atoms with Gasteiger partial charge in [0.15, 0.2) is 5.82 Å². The first-order valence-electron chi connectivity index (χ1n) is 4.56. The predicted octanol–water partition coefficient (Wildman–Crippen LogP) is 3.80. The number of aliphatic imine (C=N–C) groups is 2. The van der Waals surface area contributed by atoms with Crippen LogP contribution in [0.2, 0.25) is 0 Å². The summed E-state index contributed by atoms with van der Waals surface area (Å²) >= 11 is 1.67. The Kier molecular flexibility index (Phi) is 2.78. The van der Waals surface area contributed by atoms with Crippen LogP contribution in [0, 0.1) is 0 Å². The monoisotopic (exact) mass is 217 g/mol. The highest BCUT2D eigenvalue weighted by molar-refractivity contribution is 7.08. The molecule has 0 aliphatic carbocycles. The minimum atomic E-state index is 0.717. The largest absolute Gasteiger partial charge is 0.338 e. The van der Waals surface area contributed by atoms with Crippen LogP contribution in [0.15, 0.2) is 32.9 Å². The molecule has 76 valence electrons. The lowest BCUT2D eigenvalue weighted by atomic mass is 10.2. The molecule has 0 atom stereocenters. The van der Waals surface area contributed by atoms with Crippen molar-refractivity contribution in [3.05, 3.63) is 22.9 Å². The van der Waals surface area contributed by atoms with Gasteiger partial charge in [0.25, 0.3) is 0 Å². The first-order valence-corrected chi connectivity index (χ1v) is 5.50. The van der Waals surface area contributed by atoms with Crippen LogP contribution in [0.4, 0.5) is 11.5 Å². The molecule has 0 radical (unpaired) electrons. The summed E-state index contributed by atoms with van der Waals surface area (Å²) < 4.78 is 0. The highest BCUT2D eigenvalue weighted by Gasteiger charge is 2.07. The highest BCUT2D eigenvalue weighted by atomic mass is 32.1. The van der Waals surface area contributed by atoms with E-state index in [0.717, 1.165) is 16.9 Å². The van der Waals surface area contributed by atoms with Crippen LogP contribution in [0.1, 0.15) is 6.92 Å². The predicted molar refractivity (Wildman–Crippen MR) is 67.1 cm³/mol. The molecule has 2 rings (SSSR count). The fourth-order valence-corrected chi connectivity index (χ4v) is 2.02. The number of aromatic nitrogens is 1. The van der Waals surface area contributed by atoms with Crippen molar-refractivity contribution in [3.8, 4) is 11.3 Å². The van der Waals surface area contributed by atoms with Gasteiger partial charge in [-0.25, -0.2) is 4.99 Å². The fourth-order valence-electron chi connectivity index (χ4n) is 1.36. The number of H-pyrrole nitrogens is 1.